The SMILES string of the molecule is COCC(O)CNC(=O)COc1ccc(OC)cc1. The van der Waals surface area contributed by atoms with E-state index in [1.54, 1.807) is 31.4 Å². The lowest BCUT2D eigenvalue weighted by molar-refractivity contribution is -0.123. The van der Waals surface area contributed by atoms with E-state index in [4.69, 9.17) is 14.2 Å². The van der Waals surface area contributed by atoms with Crippen LogP contribution in [0.15, 0.2) is 24.3 Å². The minimum atomic E-state index is -0.713. The molecule has 2 N–H and O–H groups in total. The van der Waals surface area contributed by atoms with Crippen LogP contribution < -0.4 is 14.8 Å². The molecule has 0 bridgehead atoms. The van der Waals surface area contributed by atoms with Crippen molar-refractivity contribution < 1.29 is 24.1 Å². The number of amides is 1. The van der Waals surface area contributed by atoms with Crippen molar-refractivity contribution in [3.8, 4) is 11.5 Å². The molecule has 0 aromatic heterocycles. The van der Waals surface area contributed by atoms with Crippen LogP contribution in [-0.2, 0) is 9.53 Å². The topological polar surface area (TPSA) is 77.0 Å². The number of benzene rings is 1. The van der Waals surface area contributed by atoms with Gasteiger partial charge in [-0.05, 0) is 24.3 Å². The summed E-state index contributed by atoms with van der Waals surface area (Å²) in [5.41, 5.74) is 0. The lowest BCUT2D eigenvalue weighted by Crippen LogP contribution is -2.36. The van der Waals surface area contributed by atoms with Crippen molar-refractivity contribution in [2.24, 2.45) is 0 Å². The molecule has 1 aromatic carbocycles. The number of carbonyl (C=O) groups excluding carboxylic acids is 1. The van der Waals surface area contributed by atoms with Crippen LogP contribution in [0.1, 0.15) is 0 Å². The molecule has 0 aliphatic carbocycles. The Morgan fingerprint density at radius 2 is 1.89 bits per heavy atom. The van der Waals surface area contributed by atoms with Crippen molar-refractivity contribution >= 4 is 5.91 Å². The molecule has 6 nitrogen and oxygen atoms in total. The van der Waals surface area contributed by atoms with Crippen LogP contribution in [0.5, 0.6) is 11.5 Å². The quantitative estimate of drug-likeness (QED) is 0.705. The van der Waals surface area contributed by atoms with Gasteiger partial charge in [-0.3, -0.25) is 4.79 Å². The molecular formula is C13H19NO5. The van der Waals surface area contributed by atoms with Crippen LogP contribution >= 0.6 is 0 Å². The van der Waals surface area contributed by atoms with Gasteiger partial charge in [-0.15, -0.1) is 0 Å². The van der Waals surface area contributed by atoms with Crippen LogP contribution in [0.3, 0.4) is 0 Å². The van der Waals surface area contributed by atoms with Gasteiger partial charge < -0.3 is 24.6 Å². The zero-order chi connectivity index (χ0) is 14.1. The second-order valence-electron chi connectivity index (χ2n) is 3.88. The first-order valence-corrected chi connectivity index (χ1v) is 5.86. The number of nitrogens with one attached hydrogen (secondary N) is 1. The van der Waals surface area contributed by atoms with Gasteiger partial charge in [0.05, 0.1) is 19.8 Å². The first kappa shape index (κ1) is 15.3. The molecule has 1 unspecified atom stereocenters. The number of hydrogen-bond donors (Lipinski definition) is 2. The Kier molecular flexibility index (Phi) is 6.70. The standard InChI is InChI=1S/C13H19NO5/c1-17-8-10(15)7-14-13(16)9-19-12-5-3-11(18-2)4-6-12/h3-6,10,15H,7-9H2,1-2H3,(H,14,16). The van der Waals surface area contributed by atoms with Gasteiger partial charge in [0.15, 0.2) is 6.61 Å². The van der Waals surface area contributed by atoms with Crippen molar-refractivity contribution in [2.45, 2.75) is 6.10 Å². The van der Waals surface area contributed by atoms with Crippen molar-refractivity contribution in [1.29, 1.82) is 0 Å². The maximum Gasteiger partial charge on any atom is 0.258 e. The molecule has 1 aromatic rings. The monoisotopic (exact) mass is 269 g/mol. The molecule has 0 aliphatic rings. The maximum atomic E-state index is 11.4. The summed E-state index contributed by atoms with van der Waals surface area (Å²) in [6.07, 6.45) is -0.713. The zero-order valence-corrected chi connectivity index (χ0v) is 11.1. The van der Waals surface area contributed by atoms with E-state index in [2.05, 4.69) is 5.32 Å². The highest BCUT2D eigenvalue weighted by Gasteiger charge is 2.07. The first-order chi connectivity index (χ1) is 9.15. The van der Waals surface area contributed by atoms with Crippen LogP contribution in [-0.4, -0.2) is 51.1 Å². The van der Waals surface area contributed by atoms with E-state index in [9.17, 15) is 9.90 Å². The Morgan fingerprint density at radius 1 is 1.26 bits per heavy atom. The minimum absolute atomic E-state index is 0.105. The van der Waals surface area contributed by atoms with Gasteiger partial charge in [-0.2, -0.15) is 0 Å². The van der Waals surface area contributed by atoms with E-state index in [0.29, 0.717) is 5.75 Å². The highest BCUT2D eigenvalue weighted by molar-refractivity contribution is 5.77. The number of aliphatic hydroxyl groups excluding tert-OH is 1. The van der Waals surface area contributed by atoms with Crippen LogP contribution in [0.4, 0.5) is 0 Å². The Balaban J connectivity index is 2.25. The van der Waals surface area contributed by atoms with E-state index in [1.165, 1.54) is 7.11 Å². The first-order valence-electron chi connectivity index (χ1n) is 5.86. The lowest BCUT2D eigenvalue weighted by atomic mass is 10.3. The normalized spacial score (nSPS) is 11.7. The number of aliphatic hydroxyl groups is 1. The van der Waals surface area contributed by atoms with Gasteiger partial charge in [-0.1, -0.05) is 0 Å². The number of carbonyl (C=O) groups is 1. The third-order valence-electron chi connectivity index (χ3n) is 2.32. The third kappa shape index (κ3) is 6.08. The van der Waals surface area contributed by atoms with Crippen LogP contribution in [0.2, 0.25) is 0 Å². The number of hydrogen-bond acceptors (Lipinski definition) is 5. The van der Waals surface area contributed by atoms with Gasteiger partial charge in [-0.25, -0.2) is 0 Å². The molecule has 0 spiro atoms. The summed E-state index contributed by atoms with van der Waals surface area (Å²) in [5.74, 6) is 0.999. The summed E-state index contributed by atoms with van der Waals surface area (Å²) >= 11 is 0. The zero-order valence-electron chi connectivity index (χ0n) is 11.1. The maximum absolute atomic E-state index is 11.4. The summed E-state index contributed by atoms with van der Waals surface area (Å²) in [4.78, 5) is 11.4. The van der Waals surface area contributed by atoms with E-state index in [1.807, 2.05) is 0 Å². The van der Waals surface area contributed by atoms with Crippen molar-refractivity contribution in [1.82, 2.24) is 5.32 Å². The predicted molar refractivity (Wildman–Crippen MR) is 69.4 cm³/mol. The Hall–Kier alpha value is -1.79. The van der Waals surface area contributed by atoms with Crippen LogP contribution in [0, 0.1) is 0 Å². The summed E-state index contributed by atoms with van der Waals surface area (Å²) in [6, 6.07) is 6.92. The number of ether oxygens (including phenoxy) is 3. The van der Waals surface area contributed by atoms with Gasteiger partial charge in [0.2, 0.25) is 0 Å². The second kappa shape index (κ2) is 8.34. The fourth-order valence-electron chi connectivity index (χ4n) is 1.35. The lowest BCUT2D eigenvalue weighted by Gasteiger charge is -2.11. The van der Waals surface area contributed by atoms with E-state index < -0.39 is 6.10 Å². The molecule has 106 valence electrons. The fraction of sp³-hybridized carbons (Fsp3) is 0.462. The van der Waals surface area contributed by atoms with Gasteiger partial charge in [0.25, 0.3) is 5.91 Å². The summed E-state index contributed by atoms with van der Waals surface area (Å²) < 4.78 is 15.0. The van der Waals surface area contributed by atoms with E-state index >= 15 is 0 Å². The molecule has 1 amide bonds. The van der Waals surface area contributed by atoms with Crippen LogP contribution in [0.25, 0.3) is 0 Å². The fourth-order valence-corrected chi connectivity index (χ4v) is 1.35. The Labute approximate surface area is 112 Å². The average molecular weight is 269 g/mol. The predicted octanol–water partition coefficient (Wildman–Crippen LogP) is 0.198. The molecule has 6 heteroatoms. The van der Waals surface area contributed by atoms with Gasteiger partial charge in [0, 0.05) is 13.7 Å². The van der Waals surface area contributed by atoms with E-state index in [-0.39, 0.29) is 25.7 Å². The van der Waals surface area contributed by atoms with Gasteiger partial charge >= 0.3 is 0 Å². The molecule has 0 saturated carbocycles. The third-order valence-corrected chi connectivity index (χ3v) is 2.32. The van der Waals surface area contributed by atoms with E-state index in [0.717, 1.165) is 5.75 Å². The molecule has 1 rings (SSSR count). The summed E-state index contributed by atoms with van der Waals surface area (Å²) in [7, 11) is 3.06. The number of rotatable bonds is 8. The molecule has 0 heterocycles. The highest BCUT2D eigenvalue weighted by atomic mass is 16.5. The largest absolute Gasteiger partial charge is 0.497 e. The molecule has 0 aliphatic heterocycles. The molecular weight excluding hydrogens is 250 g/mol. The van der Waals surface area contributed by atoms with Crippen molar-refractivity contribution in [2.75, 3.05) is 34.0 Å². The number of methoxy groups -OCH3 is 2. The Morgan fingerprint density at radius 3 is 2.47 bits per heavy atom. The highest BCUT2D eigenvalue weighted by Crippen LogP contribution is 2.16. The molecule has 0 saturated heterocycles. The molecule has 0 radical (unpaired) electrons. The second-order valence-corrected chi connectivity index (χ2v) is 3.88. The smallest absolute Gasteiger partial charge is 0.258 e. The molecule has 1 atom stereocenters. The minimum Gasteiger partial charge on any atom is -0.497 e. The molecule has 0 fully saturated rings. The summed E-state index contributed by atoms with van der Waals surface area (Å²) in [6.45, 7) is 0.213. The Bertz CT molecular complexity index is 379. The average Bonchev–Trinajstić information content (AvgIpc) is 2.44. The molecule has 19 heavy (non-hydrogen) atoms. The van der Waals surface area contributed by atoms with Crippen molar-refractivity contribution in [3.63, 3.8) is 0 Å². The van der Waals surface area contributed by atoms with Gasteiger partial charge in [0.1, 0.15) is 11.5 Å². The van der Waals surface area contributed by atoms with Crippen molar-refractivity contribution in [3.05, 3.63) is 24.3 Å². The summed E-state index contributed by atoms with van der Waals surface area (Å²) in [5, 5.41) is 11.9.